The van der Waals surface area contributed by atoms with Crippen molar-refractivity contribution < 1.29 is 22.3 Å². The summed E-state index contributed by atoms with van der Waals surface area (Å²) >= 11 is 0. The maximum Gasteiger partial charge on any atom is 0.416 e. The van der Waals surface area contributed by atoms with Gasteiger partial charge in [0.1, 0.15) is 17.4 Å². The second kappa shape index (κ2) is 7.56. The van der Waals surface area contributed by atoms with Crippen LogP contribution in [-0.2, 0) is 12.7 Å². The molecule has 0 atom stereocenters. The fraction of sp³-hybridized carbons (Fsp3) is 0.167. The van der Waals surface area contributed by atoms with E-state index in [1.807, 2.05) is 0 Å². The summed E-state index contributed by atoms with van der Waals surface area (Å²) in [7, 11) is 1.50. The number of rotatable bonds is 5. The molecule has 3 rings (SSSR count). The summed E-state index contributed by atoms with van der Waals surface area (Å²) in [6, 6.07) is 5.77. The summed E-state index contributed by atoms with van der Waals surface area (Å²) in [6.45, 7) is -0.179. The van der Waals surface area contributed by atoms with Crippen LogP contribution in [0.1, 0.15) is 11.1 Å². The molecule has 2 heterocycles. The van der Waals surface area contributed by atoms with Gasteiger partial charge < -0.3 is 10.1 Å². The molecule has 0 bridgehead atoms. The van der Waals surface area contributed by atoms with E-state index in [4.69, 9.17) is 4.74 Å². The molecular formula is C18H14F4N4O. The molecule has 1 aromatic carbocycles. The van der Waals surface area contributed by atoms with E-state index >= 15 is 0 Å². The second-order valence-electron chi connectivity index (χ2n) is 5.53. The van der Waals surface area contributed by atoms with Gasteiger partial charge in [-0.1, -0.05) is 6.07 Å². The van der Waals surface area contributed by atoms with Crippen LogP contribution in [-0.4, -0.2) is 22.1 Å². The predicted molar refractivity (Wildman–Crippen MR) is 90.5 cm³/mol. The summed E-state index contributed by atoms with van der Waals surface area (Å²) in [5.74, 6) is 0.235. The van der Waals surface area contributed by atoms with Crippen LogP contribution in [0.5, 0.6) is 5.75 Å². The Morgan fingerprint density at radius 1 is 1.11 bits per heavy atom. The number of nitrogens with zero attached hydrogens (tertiary/aromatic N) is 3. The van der Waals surface area contributed by atoms with Crippen molar-refractivity contribution >= 4 is 5.82 Å². The molecule has 0 aliphatic heterocycles. The molecule has 0 fully saturated rings. The molecule has 27 heavy (non-hydrogen) atoms. The highest BCUT2D eigenvalue weighted by molar-refractivity contribution is 5.57. The van der Waals surface area contributed by atoms with Crippen LogP contribution in [0.2, 0.25) is 0 Å². The van der Waals surface area contributed by atoms with Crippen molar-refractivity contribution in [1.82, 2.24) is 15.0 Å². The zero-order chi connectivity index (χ0) is 19.4. The Balaban J connectivity index is 1.82. The first-order valence-electron chi connectivity index (χ1n) is 7.79. The first-order chi connectivity index (χ1) is 12.9. The summed E-state index contributed by atoms with van der Waals surface area (Å²) in [4.78, 5) is 12.4. The third kappa shape index (κ3) is 4.49. The number of nitrogens with one attached hydrogen (secondary N) is 1. The third-order valence-corrected chi connectivity index (χ3v) is 3.70. The van der Waals surface area contributed by atoms with Gasteiger partial charge in [0.25, 0.3) is 0 Å². The first-order valence-corrected chi connectivity index (χ1v) is 7.79. The first kappa shape index (κ1) is 18.6. The smallest absolute Gasteiger partial charge is 0.416 e. The number of hydrogen-bond donors (Lipinski definition) is 1. The van der Waals surface area contributed by atoms with Gasteiger partial charge in [0.05, 0.1) is 18.9 Å². The molecule has 0 aliphatic carbocycles. The van der Waals surface area contributed by atoms with E-state index in [0.717, 1.165) is 12.1 Å². The zero-order valence-corrected chi connectivity index (χ0v) is 14.1. The number of aromatic nitrogens is 3. The van der Waals surface area contributed by atoms with Crippen molar-refractivity contribution in [2.75, 3.05) is 12.4 Å². The fourth-order valence-electron chi connectivity index (χ4n) is 2.40. The minimum absolute atomic E-state index is 0.0906. The summed E-state index contributed by atoms with van der Waals surface area (Å²) in [5, 5.41) is 2.81. The number of hydrogen-bond acceptors (Lipinski definition) is 5. The van der Waals surface area contributed by atoms with Crippen molar-refractivity contribution in [2.24, 2.45) is 0 Å². The predicted octanol–water partition coefficient (Wildman–Crippen LogP) is 4.32. The van der Waals surface area contributed by atoms with E-state index in [1.54, 1.807) is 12.3 Å². The van der Waals surface area contributed by atoms with E-state index in [-0.39, 0.29) is 12.1 Å². The van der Waals surface area contributed by atoms with Crippen LogP contribution < -0.4 is 10.1 Å². The van der Waals surface area contributed by atoms with Crippen LogP contribution >= 0.6 is 0 Å². The van der Waals surface area contributed by atoms with Crippen molar-refractivity contribution in [2.45, 2.75) is 12.7 Å². The van der Waals surface area contributed by atoms with Crippen LogP contribution in [0.25, 0.3) is 11.4 Å². The van der Waals surface area contributed by atoms with Gasteiger partial charge in [0, 0.05) is 24.5 Å². The van der Waals surface area contributed by atoms with E-state index in [0.29, 0.717) is 29.0 Å². The molecule has 0 aliphatic rings. The Hall–Kier alpha value is -3.23. The number of methoxy groups -OCH3 is 1. The maximum atomic E-state index is 13.2. The number of halogens is 4. The van der Waals surface area contributed by atoms with E-state index in [2.05, 4.69) is 20.3 Å². The summed E-state index contributed by atoms with van der Waals surface area (Å²) in [5.41, 5.74) is -0.524. The normalized spacial score (nSPS) is 11.3. The van der Waals surface area contributed by atoms with Crippen molar-refractivity contribution in [3.05, 3.63) is 65.9 Å². The lowest BCUT2D eigenvalue weighted by molar-refractivity contribution is -0.138. The second-order valence-corrected chi connectivity index (χ2v) is 5.53. The molecule has 3 aromatic rings. The van der Waals surface area contributed by atoms with Crippen LogP contribution in [0.3, 0.4) is 0 Å². The van der Waals surface area contributed by atoms with Crippen molar-refractivity contribution in [3.63, 3.8) is 0 Å². The molecule has 5 nitrogen and oxygen atoms in total. The maximum absolute atomic E-state index is 13.2. The van der Waals surface area contributed by atoms with Gasteiger partial charge in [-0.25, -0.2) is 14.4 Å². The van der Waals surface area contributed by atoms with Gasteiger partial charge in [0.15, 0.2) is 5.82 Å². The van der Waals surface area contributed by atoms with Gasteiger partial charge in [-0.2, -0.15) is 13.2 Å². The summed E-state index contributed by atoms with van der Waals surface area (Å²) < 4.78 is 57.5. The SMILES string of the molecule is COc1cncc(-c2nccc(NCc3ccc(F)cc3C(F)(F)F)n2)c1. The topological polar surface area (TPSA) is 59.9 Å². The molecule has 0 amide bonds. The van der Waals surface area contributed by atoms with Gasteiger partial charge in [0.2, 0.25) is 0 Å². The molecule has 0 spiro atoms. The van der Waals surface area contributed by atoms with Gasteiger partial charge in [-0.05, 0) is 29.8 Å². The molecule has 1 N–H and O–H groups in total. The molecule has 9 heteroatoms. The fourth-order valence-corrected chi connectivity index (χ4v) is 2.40. The lowest BCUT2D eigenvalue weighted by Crippen LogP contribution is -2.13. The number of alkyl halides is 3. The number of benzene rings is 1. The largest absolute Gasteiger partial charge is 0.495 e. The van der Waals surface area contributed by atoms with Crippen LogP contribution in [0.4, 0.5) is 23.4 Å². The minimum atomic E-state index is -4.65. The average molecular weight is 378 g/mol. The molecular weight excluding hydrogens is 364 g/mol. The Kier molecular flexibility index (Phi) is 5.20. The standard InChI is InChI=1S/C18H14F4N4O/c1-27-14-6-12(8-23-10-14)17-24-5-4-16(26-17)25-9-11-2-3-13(19)7-15(11)18(20,21)22/h2-8,10H,9H2,1H3,(H,24,25,26). The van der Waals surface area contributed by atoms with Gasteiger partial charge in [-0.15, -0.1) is 0 Å². The average Bonchev–Trinajstić information content (AvgIpc) is 2.66. The lowest BCUT2D eigenvalue weighted by Gasteiger charge is -2.14. The van der Waals surface area contributed by atoms with E-state index < -0.39 is 17.6 Å². The molecule has 0 saturated carbocycles. The quantitative estimate of drug-likeness (QED) is 0.670. The van der Waals surface area contributed by atoms with Crippen LogP contribution in [0, 0.1) is 5.82 Å². The molecule has 2 aromatic heterocycles. The Morgan fingerprint density at radius 2 is 1.93 bits per heavy atom. The summed E-state index contributed by atoms with van der Waals surface area (Å²) in [6.07, 6.45) is -0.107. The number of anilines is 1. The highest BCUT2D eigenvalue weighted by Crippen LogP contribution is 2.33. The Labute approximate surface area is 152 Å². The van der Waals surface area contributed by atoms with E-state index in [1.165, 1.54) is 25.6 Å². The Morgan fingerprint density at radius 3 is 2.67 bits per heavy atom. The van der Waals surface area contributed by atoms with Crippen LogP contribution in [0.15, 0.2) is 48.9 Å². The lowest BCUT2D eigenvalue weighted by atomic mass is 10.1. The number of pyridine rings is 1. The van der Waals surface area contributed by atoms with E-state index in [9.17, 15) is 17.6 Å². The highest BCUT2D eigenvalue weighted by atomic mass is 19.4. The third-order valence-electron chi connectivity index (χ3n) is 3.70. The molecule has 0 unspecified atom stereocenters. The monoisotopic (exact) mass is 378 g/mol. The molecule has 0 radical (unpaired) electrons. The minimum Gasteiger partial charge on any atom is -0.495 e. The van der Waals surface area contributed by atoms with Gasteiger partial charge >= 0.3 is 6.18 Å². The van der Waals surface area contributed by atoms with Gasteiger partial charge in [-0.3, -0.25) is 4.98 Å². The molecule has 140 valence electrons. The highest BCUT2D eigenvalue weighted by Gasteiger charge is 2.33. The zero-order valence-electron chi connectivity index (χ0n) is 14.1. The number of ether oxygens (including phenoxy) is 1. The molecule has 0 saturated heterocycles. The Bertz CT molecular complexity index is 947. The van der Waals surface area contributed by atoms with Crippen molar-refractivity contribution in [1.29, 1.82) is 0 Å². The van der Waals surface area contributed by atoms with Crippen molar-refractivity contribution in [3.8, 4) is 17.1 Å².